The van der Waals surface area contributed by atoms with Crippen LogP contribution in [-0.4, -0.2) is 33.9 Å². The molecule has 7 nitrogen and oxygen atoms in total. The van der Waals surface area contributed by atoms with Gasteiger partial charge in [0.1, 0.15) is 6.54 Å². The van der Waals surface area contributed by atoms with Gasteiger partial charge in [0.15, 0.2) is 11.5 Å². The van der Waals surface area contributed by atoms with E-state index < -0.39 is 15.9 Å². The number of carbonyl (C=O) groups is 1. The first-order valence-corrected chi connectivity index (χ1v) is 10.4. The Morgan fingerprint density at radius 3 is 2.56 bits per heavy atom. The van der Waals surface area contributed by atoms with E-state index in [0.717, 1.165) is 16.1 Å². The topological polar surface area (TPSA) is 84.9 Å². The zero-order chi connectivity index (χ0) is 19.6. The summed E-state index contributed by atoms with van der Waals surface area (Å²) in [6.07, 6.45) is 1.01. The van der Waals surface area contributed by atoms with E-state index in [2.05, 4.69) is 5.32 Å². The van der Waals surface area contributed by atoms with Crippen LogP contribution in [0.25, 0.3) is 0 Å². The monoisotopic (exact) mass is 430 g/mol. The molecule has 0 spiro atoms. The van der Waals surface area contributed by atoms with Crippen LogP contribution < -0.4 is 19.1 Å². The van der Waals surface area contributed by atoms with Crippen LogP contribution in [0.2, 0.25) is 10.0 Å². The molecule has 2 aromatic carbocycles. The van der Waals surface area contributed by atoms with Crippen LogP contribution in [0.15, 0.2) is 36.4 Å². The number of nitrogens with zero attached hydrogens (tertiary/aromatic N) is 1. The van der Waals surface area contributed by atoms with E-state index in [1.165, 1.54) is 18.2 Å². The second kappa shape index (κ2) is 7.84. The number of amides is 1. The second-order valence-electron chi connectivity index (χ2n) is 5.83. The fraction of sp³-hybridized carbons (Fsp3) is 0.235. The van der Waals surface area contributed by atoms with Gasteiger partial charge >= 0.3 is 0 Å². The highest BCUT2D eigenvalue weighted by Crippen LogP contribution is 2.32. The Kier molecular flexibility index (Phi) is 5.69. The smallest absolute Gasteiger partial charge is 0.241 e. The molecule has 27 heavy (non-hydrogen) atoms. The Morgan fingerprint density at radius 2 is 1.85 bits per heavy atom. The highest BCUT2D eigenvalue weighted by molar-refractivity contribution is 7.92. The van der Waals surface area contributed by atoms with Gasteiger partial charge in [-0.15, -0.1) is 0 Å². The van der Waals surface area contributed by atoms with Crippen LogP contribution in [0.5, 0.6) is 11.5 Å². The molecule has 0 bridgehead atoms. The molecule has 1 amide bonds. The molecule has 1 N–H and O–H groups in total. The van der Waals surface area contributed by atoms with Crippen LogP contribution in [0.3, 0.4) is 0 Å². The maximum absolute atomic E-state index is 12.3. The Labute approximate surface area is 166 Å². The molecule has 0 atom stereocenters. The number of halogens is 2. The number of fused-ring (bicyclic) bond motifs is 1. The standard InChI is InChI=1S/C17H16Cl2N2O5S/c1-27(23,24)21(12-3-4-13(18)14(19)7-12)9-17(22)20-8-11-2-5-15-16(6-11)26-10-25-15/h2-7H,8-10H2,1H3,(H,20,22). The minimum Gasteiger partial charge on any atom is -0.454 e. The van der Waals surface area contributed by atoms with Gasteiger partial charge in [-0.05, 0) is 35.9 Å². The maximum Gasteiger partial charge on any atom is 0.241 e. The number of anilines is 1. The molecule has 1 aliphatic heterocycles. The van der Waals surface area contributed by atoms with Crippen molar-refractivity contribution < 1.29 is 22.7 Å². The van der Waals surface area contributed by atoms with Crippen molar-refractivity contribution in [2.24, 2.45) is 0 Å². The largest absolute Gasteiger partial charge is 0.454 e. The number of hydrogen-bond donors (Lipinski definition) is 1. The van der Waals surface area contributed by atoms with Crippen molar-refractivity contribution in [2.75, 3.05) is 23.9 Å². The summed E-state index contributed by atoms with van der Waals surface area (Å²) < 4.78 is 35.7. The van der Waals surface area contributed by atoms with E-state index in [0.29, 0.717) is 16.5 Å². The van der Waals surface area contributed by atoms with E-state index in [-0.39, 0.29) is 30.6 Å². The molecule has 1 aliphatic rings. The number of benzene rings is 2. The van der Waals surface area contributed by atoms with Crippen molar-refractivity contribution in [2.45, 2.75) is 6.54 Å². The zero-order valence-corrected chi connectivity index (χ0v) is 16.6. The lowest BCUT2D eigenvalue weighted by molar-refractivity contribution is -0.119. The zero-order valence-electron chi connectivity index (χ0n) is 14.2. The Hall–Kier alpha value is -2.16. The van der Waals surface area contributed by atoms with Crippen molar-refractivity contribution in [1.29, 1.82) is 0 Å². The molecular weight excluding hydrogens is 415 g/mol. The molecule has 2 aromatic rings. The van der Waals surface area contributed by atoms with Crippen LogP contribution in [0, 0.1) is 0 Å². The van der Waals surface area contributed by atoms with Gasteiger partial charge in [0, 0.05) is 6.54 Å². The summed E-state index contributed by atoms with van der Waals surface area (Å²) in [5, 5.41) is 3.18. The molecule has 0 saturated carbocycles. The average Bonchev–Trinajstić information content (AvgIpc) is 3.07. The van der Waals surface area contributed by atoms with Crippen molar-refractivity contribution in [1.82, 2.24) is 5.32 Å². The number of nitrogens with one attached hydrogen (secondary N) is 1. The number of rotatable bonds is 6. The Balaban J connectivity index is 1.68. The van der Waals surface area contributed by atoms with Gasteiger partial charge in [-0.3, -0.25) is 9.10 Å². The lowest BCUT2D eigenvalue weighted by atomic mass is 10.2. The Bertz CT molecular complexity index is 981. The lowest BCUT2D eigenvalue weighted by Gasteiger charge is -2.22. The quantitative estimate of drug-likeness (QED) is 0.761. The highest BCUT2D eigenvalue weighted by atomic mass is 35.5. The first-order chi connectivity index (χ1) is 12.7. The normalized spacial score (nSPS) is 12.7. The number of sulfonamides is 1. The molecule has 0 aromatic heterocycles. The third-order valence-corrected chi connectivity index (χ3v) is 5.68. The highest BCUT2D eigenvalue weighted by Gasteiger charge is 2.22. The van der Waals surface area contributed by atoms with Crippen LogP contribution >= 0.6 is 23.2 Å². The molecule has 0 fully saturated rings. The SMILES string of the molecule is CS(=O)(=O)N(CC(=O)NCc1ccc2c(c1)OCO2)c1ccc(Cl)c(Cl)c1. The predicted molar refractivity (Wildman–Crippen MR) is 103 cm³/mol. The Morgan fingerprint density at radius 1 is 1.11 bits per heavy atom. The van der Waals surface area contributed by atoms with E-state index in [9.17, 15) is 13.2 Å². The molecule has 1 heterocycles. The average molecular weight is 431 g/mol. The van der Waals surface area contributed by atoms with Crippen LogP contribution in [0.1, 0.15) is 5.56 Å². The van der Waals surface area contributed by atoms with Crippen molar-refractivity contribution in [3.63, 3.8) is 0 Å². The third kappa shape index (κ3) is 4.77. The van der Waals surface area contributed by atoms with Gasteiger partial charge in [-0.2, -0.15) is 0 Å². The molecule has 0 saturated heterocycles. The molecule has 0 radical (unpaired) electrons. The van der Waals surface area contributed by atoms with E-state index in [1.54, 1.807) is 18.2 Å². The molecular formula is C17H16Cl2N2O5S. The first-order valence-electron chi connectivity index (χ1n) is 7.82. The van der Waals surface area contributed by atoms with Gasteiger partial charge in [0.05, 0.1) is 22.0 Å². The van der Waals surface area contributed by atoms with Crippen LogP contribution in [-0.2, 0) is 21.4 Å². The summed E-state index contributed by atoms with van der Waals surface area (Å²) >= 11 is 11.8. The fourth-order valence-electron chi connectivity index (χ4n) is 2.48. The summed E-state index contributed by atoms with van der Waals surface area (Å²) in [6.45, 7) is -0.00604. The predicted octanol–water partition coefficient (Wildman–Crippen LogP) is 2.80. The number of carbonyl (C=O) groups excluding carboxylic acids is 1. The van der Waals surface area contributed by atoms with Crippen molar-refractivity contribution in [3.8, 4) is 11.5 Å². The lowest BCUT2D eigenvalue weighted by Crippen LogP contribution is -2.40. The number of hydrogen-bond acceptors (Lipinski definition) is 5. The summed E-state index contributed by atoms with van der Waals surface area (Å²) in [5.74, 6) is 0.785. The molecule has 0 aliphatic carbocycles. The van der Waals surface area contributed by atoms with Gasteiger partial charge in [0.25, 0.3) is 0 Å². The minimum atomic E-state index is -3.70. The molecule has 3 rings (SSSR count). The van der Waals surface area contributed by atoms with E-state index in [4.69, 9.17) is 32.7 Å². The summed E-state index contributed by atoms with van der Waals surface area (Å²) in [6, 6.07) is 9.66. The van der Waals surface area contributed by atoms with Gasteiger partial charge in [0.2, 0.25) is 22.7 Å². The van der Waals surface area contributed by atoms with Crippen molar-refractivity contribution in [3.05, 3.63) is 52.0 Å². The van der Waals surface area contributed by atoms with E-state index >= 15 is 0 Å². The third-order valence-electron chi connectivity index (χ3n) is 3.81. The minimum absolute atomic E-state index is 0.165. The molecule has 10 heteroatoms. The van der Waals surface area contributed by atoms with E-state index in [1.807, 2.05) is 0 Å². The molecule has 144 valence electrons. The second-order valence-corrected chi connectivity index (χ2v) is 8.55. The summed E-state index contributed by atoms with van der Waals surface area (Å²) in [5.41, 5.74) is 1.05. The van der Waals surface area contributed by atoms with Gasteiger partial charge < -0.3 is 14.8 Å². The maximum atomic E-state index is 12.3. The summed E-state index contributed by atoms with van der Waals surface area (Å²) in [4.78, 5) is 12.3. The fourth-order valence-corrected chi connectivity index (χ4v) is 3.62. The summed E-state index contributed by atoms with van der Waals surface area (Å²) in [7, 11) is -3.70. The first kappa shape index (κ1) is 19.6. The molecule has 0 unspecified atom stereocenters. The van der Waals surface area contributed by atoms with Gasteiger partial charge in [-0.25, -0.2) is 8.42 Å². The van der Waals surface area contributed by atoms with Crippen LogP contribution in [0.4, 0.5) is 5.69 Å². The number of ether oxygens (including phenoxy) is 2. The van der Waals surface area contributed by atoms with Gasteiger partial charge in [-0.1, -0.05) is 29.3 Å². The van der Waals surface area contributed by atoms with Crippen molar-refractivity contribution >= 4 is 44.8 Å².